The van der Waals surface area contributed by atoms with Crippen LogP contribution in [0.5, 0.6) is 0 Å². The van der Waals surface area contributed by atoms with Crippen molar-refractivity contribution in [2.75, 3.05) is 0 Å². The summed E-state index contributed by atoms with van der Waals surface area (Å²) in [5.41, 5.74) is 8.98. The fourth-order valence-electron chi connectivity index (χ4n) is 1.97. The standard InChI is InChI=1S/C14H15ClN2/c1-10-6-7-17-9-13(10)14(2,16)11-4-3-5-12(15)8-11/h3-9H,16H2,1-2H3. The zero-order valence-electron chi connectivity index (χ0n) is 9.94. The minimum atomic E-state index is -0.580. The number of benzene rings is 1. The normalized spacial score (nSPS) is 14.4. The van der Waals surface area contributed by atoms with Crippen LogP contribution in [-0.2, 0) is 5.54 Å². The predicted molar refractivity (Wildman–Crippen MR) is 71.1 cm³/mol. The highest BCUT2D eigenvalue weighted by molar-refractivity contribution is 6.30. The minimum Gasteiger partial charge on any atom is -0.318 e. The second-order valence-electron chi connectivity index (χ2n) is 4.40. The molecular formula is C14H15ClN2. The third-order valence-corrected chi connectivity index (χ3v) is 3.26. The first-order valence-electron chi connectivity index (χ1n) is 5.48. The van der Waals surface area contributed by atoms with Gasteiger partial charge in [-0.3, -0.25) is 4.98 Å². The van der Waals surface area contributed by atoms with Crippen LogP contribution in [0.4, 0.5) is 0 Å². The lowest BCUT2D eigenvalue weighted by Crippen LogP contribution is -2.35. The molecule has 0 bridgehead atoms. The van der Waals surface area contributed by atoms with Crippen molar-refractivity contribution in [1.29, 1.82) is 0 Å². The highest BCUT2D eigenvalue weighted by Gasteiger charge is 2.25. The van der Waals surface area contributed by atoms with E-state index in [1.54, 1.807) is 6.20 Å². The Morgan fingerprint density at radius 1 is 1.29 bits per heavy atom. The van der Waals surface area contributed by atoms with Crippen molar-refractivity contribution >= 4 is 11.6 Å². The van der Waals surface area contributed by atoms with Crippen LogP contribution in [0.2, 0.25) is 5.02 Å². The van der Waals surface area contributed by atoms with Gasteiger partial charge in [-0.05, 0) is 48.7 Å². The van der Waals surface area contributed by atoms with Crippen molar-refractivity contribution in [3.8, 4) is 0 Å². The first kappa shape index (κ1) is 12.1. The first-order valence-corrected chi connectivity index (χ1v) is 5.85. The number of halogens is 1. The van der Waals surface area contributed by atoms with Crippen LogP contribution in [0, 0.1) is 6.92 Å². The van der Waals surface area contributed by atoms with E-state index >= 15 is 0 Å². The number of hydrogen-bond acceptors (Lipinski definition) is 2. The van der Waals surface area contributed by atoms with Gasteiger partial charge >= 0.3 is 0 Å². The van der Waals surface area contributed by atoms with Crippen molar-refractivity contribution in [3.05, 3.63) is 64.4 Å². The van der Waals surface area contributed by atoms with Gasteiger partial charge in [-0.15, -0.1) is 0 Å². The number of pyridine rings is 1. The molecule has 2 nitrogen and oxygen atoms in total. The predicted octanol–water partition coefficient (Wildman–Crippen LogP) is 3.27. The highest BCUT2D eigenvalue weighted by atomic mass is 35.5. The van der Waals surface area contributed by atoms with E-state index in [-0.39, 0.29) is 0 Å². The lowest BCUT2D eigenvalue weighted by Gasteiger charge is -2.27. The second kappa shape index (κ2) is 4.47. The van der Waals surface area contributed by atoms with E-state index in [9.17, 15) is 0 Å². The van der Waals surface area contributed by atoms with E-state index in [0.29, 0.717) is 5.02 Å². The fourth-order valence-corrected chi connectivity index (χ4v) is 2.16. The van der Waals surface area contributed by atoms with Crippen molar-refractivity contribution in [2.45, 2.75) is 19.4 Å². The van der Waals surface area contributed by atoms with E-state index in [2.05, 4.69) is 4.98 Å². The number of nitrogens with zero attached hydrogens (tertiary/aromatic N) is 1. The molecule has 2 aromatic rings. The molecule has 88 valence electrons. The monoisotopic (exact) mass is 246 g/mol. The maximum absolute atomic E-state index is 6.43. The summed E-state index contributed by atoms with van der Waals surface area (Å²) >= 11 is 6.01. The number of aryl methyl sites for hydroxylation is 1. The number of hydrogen-bond donors (Lipinski definition) is 1. The van der Waals surface area contributed by atoms with Crippen LogP contribution in [0.3, 0.4) is 0 Å². The van der Waals surface area contributed by atoms with Gasteiger partial charge in [0.25, 0.3) is 0 Å². The topological polar surface area (TPSA) is 38.9 Å². The molecule has 0 aliphatic heterocycles. The molecule has 1 unspecified atom stereocenters. The smallest absolute Gasteiger partial charge is 0.0655 e. The van der Waals surface area contributed by atoms with E-state index in [1.165, 1.54) is 0 Å². The van der Waals surface area contributed by atoms with Gasteiger partial charge in [0.15, 0.2) is 0 Å². The molecule has 1 aromatic carbocycles. The summed E-state index contributed by atoms with van der Waals surface area (Å²) in [5.74, 6) is 0. The zero-order valence-corrected chi connectivity index (χ0v) is 10.7. The third-order valence-electron chi connectivity index (χ3n) is 3.02. The third kappa shape index (κ3) is 2.33. The van der Waals surface area contributed by atoms with Crippen LogP contribution in [0.15, 0.2) is 42.7 Å². The average molecular weight is 247 g/mol. The number of aromatic nitrogens is 1. The van der Waals surface area contributed by atoms with Crippen LogP contribution in [0.25, 0.3) is 0 Å². The van der Waals surface area contributed by atoms with E-state index in [0.717, 1.165) is 16.7 Å². The van der Waals surface area contributed by atoms with Crippen molar-refractivity contribution < 1.29 is 0 Å². The number of nitrogens with two attached hydrogens (primary N) is 1. The van der Waals surface area contributed by atoms with Crippen LogP contribution in [0.1, 0.15) is 23.6 Å². The average Bonchev–Trinajstić information content (AvgIpc) is 2.29. The Morgan fingerprint density at radius 3 is 2.71 bits per heavy atom. The van der Waals surface area contributed by atoms with Gasteiger partial charge in [-0.1, -0.05) is 23.7 Å². The van der Waals surface area contributed by atoms with Crippen molar-refractivity contribution in [1.82, 2.24) is 4.98 Å². The summed E-state index contributed by atoms with van der Waals surface area (Å²) in [6, 6.07) is 9.60. The number of rotatable bonds is 2. The van der Waals surface area contributed by atoms with E-state index in [1.807, 2.05) is 50.4 Å². The molecule has 0 aliphatic rings. The molecule has 0 amide bonds. The molecule has 2 rings (SSSR count). The summed E-state index contributed by atoms with van der Waals surface area (Å²) in [6.07, 6.45) is 3.59. The molecule has 1 atom stereocenters. The molecule has 0 aliphatic carbocycles. The largest absolute Gasteiger partial charge is 0.318 e. The van der Waals surface area contributed by atoms with Gasteiger partial charge in [-0.2, -0.15) is 0 Å². The molecule has 0 saturated carbocycles. The molecule has 3 heteroatoms. The molecule has 2 N–H and O–H groups in total. The Balaban J connectivity index is 2.53. The van der Waals surface area contributed by atoms with Crippen LogP contribution < -0.4 is 5.73 Å². The summed E-state index contributed by atoms with van der Waals surface area (Å²) in [5, 5.41) is 0.695. The summed E-state index contributed by atoms with van der Waals surface area (Å²) < 4.78 is 0. The summed E-state index contributed by atoms with van der Waals surface area (Å²) in [7, 11) is 0. The maximum atomic E-state index is 6.43. The lowest BCUT2D eigenvalue weighted by molar-refractivity contribution is 0.596. The van der Waals surface area contributed by atoms with Crippen molar-refractivity contribution in [3.63, 3.8) is 0 Å². The van der Waals surface area contributed by atoms with E-state index < -0.39 is 5.54 Å². The van der Waals surface area contributed by atoms with Crippen LogP contribution >= 0.6 is 11.6 Å². The molecule has 0 saturated heterocycles. The molecule has 17 heavy (non-hydrogen) atoms. The quantitative estimate of drug-likeness (QED) is 0.883. The van der Waals surface area contributed by atoms with Crippen LogP contribution in [-0.4, -0.2) is 4.98 Å². The minimum absolute atomic E-state index is 0.580. The molecular weight excluding hydrogens is 232 g/mol. The van der Waals surface area contributed by atoms with Gasteiger partial charge < -0.3 is 5.73 Å². The Hall–Kier alpha value is -1.38. The molecule has 1 heterocycles. The van der Waals surface area contributed by atoms with Gasteiger partial charge in [0.05, 0.1) is 5.54 Å². The Labute approximate surface area is 106 Å². The van der Waals surface area contributed by atoms with Gasteiger partial charge in [-0.25, -0.2) is 0 Å². The Morgan fingerprint density at radius 2 is 2.06 bits per heavy atom. The summed E-state index contributed by atoms with van der Waals surface area (Å²) in [4.78, 5) is 4.15. The molecule has 0 fully saturated rings. The van der Waals surface area contributed by atoms with Gasteiger partial charge in [0, 0.05) is 17.4 Å². The van der Waals surface area contributed by atoms with E-state index in [4.69, 9.17) is 17.3 Å². The highest BCUT2D eigenvalue weighted by Crippen LogP contribution is 2.29. The lowest BCUT2D eigenvalue weighted by atomic mass is 9.84. The van der Waals surface area contributed by atoms with Gasteiger partial charge in [0.1, 0.15) is 0 Å². The Bertz CT molecular complexity index is 535. The summed E-state index contributed by atoms with van der Waals surface area (Å²) in [6.45, 7) is 4.01. The Kier molecular flexibility index (Phi) is 3.18. The second-order valence-corrected chi connectivity index (χ2v) is 4.84. The molecule has 0 radical (unpaired) electrons. The van der Waals surface area contributed by atoms with Gasteiger partial charge in [0.2, 0.25) is 0 Å². The van der Waals surface area contributed by atoms with Crippen molar-refractivity contribution in [2.24, 2.45) is 5.73 Å². The molecule has 1 aromatic heterocycles. The first-order chi connectivity index (χ1) is 8.01. The zero-order chi connectivity index (χ0) is 12.5. The fraction of sp³-hybridized carbons (Fsp3) is 0.214. The SMILES string of the molecule is Cc1ccncc1C(C)(N)c1cccc(Cl)c1. The molecule has 0 spiro atoms. The maximum Gasteiger partial charge on any atom is 0.0655 e.